The molecule has 0 saturated heterocycles. The van der Waals surface area contributed by atoms with Gasteiger partial charge in [-0.3, -0.25) is 0 Å². The van der Waals surface area contributed by atoms with E-state index in [0.717, 1.165) is 0 Å². The average molecular weight is 115 g/mol. The maximum atomic E-state index is 9.80. The van der Waals surface area contributed by atoms with Crippen LogP contribution in [0.25, 0.3) is 0 Å². The lowest BCUT2D eigenvalue weighted by Crippen LogP contribution is -2.15. The second kappa shape index (κ2) is 2.82. The van der Waals surface area contributed by atoms with Gasteiger partial charge in [0.2, 0.25) is 5.70 Å². The summed E-state index contributed by atoms with van der Waals surface area (Å²) in [6, 6.07) is 0. The lowest BCUT2D eigenvalue weighted by molar-refractivity contribution is -0.132. The summed E-state index contributed by atoms with van der Waals surface area (Å²) in [5.41, 5.74) is -0.454. The van der Waals surface area contributed by atoms with Crippen molar-refractivity contribution >= 4 is 11.9 Å². The lowest BCUT2D eigenvalue weighted by Gasteiger charge is -1.89. The van der Waals surface area contributed by atoms with E-state index in [9.17, 15) is 9.59 Å². The van der Waals surface area contributed by atoms with Crippen molar-refractivity contribution < 1.29 is 14.7 Å². The number of aliphatic carboxylic acids is 1. The molecule has 0 bridgehead atoms. The first-order valence-corrected chi connectivity index (χ1v) is 1.88. The first kappa shape index (κ1) is 6.72. The summed E-state index contributed by atoms with van der Waals surface area (Å²) in [5.74, 6) is -0.0822. The molecule has 44 valence electrons. The van der Waals surface area contributed by atoms with Crippen LogP contribution in [0.1, 0.15) is 0 Å². The summed E-state index contributed by atoms with van der Waals surface area (Å²) >= 11 is 0. The average Bonchev–Trinajstić information content (AvgIpc) is 1.69. The summed E-state index contributed by atoms with van der Waals surface area (Å²) in [7, 11) is 1.34. The predicted octanol–water partition coefficient (Wildman–Crippen LogP) is -0.994. The van der Waals surface area contributed by atoms with Gasteiger partial charge in [-0.1, -0.05) is 0 Å². The quantitative estimate of drug-likeness (QED) is 0.358. The minimum absolute atomic E-state index is 0.454. The van der Waals surface area contributed by atoms with Crippen LogP contribution in [0.15, 0.2) is 5.70 Å². The van der Waals surface area contributed by atoms with E-state index in [-0.39, 0.29) is 0 Å². The van der Waals surface area contributed by atoms with Gasteiger partial charge in [-0.2, -0.15) is 0 Å². The Labute approximate surface area is 45.8 Å². The zero-order chi connectivity index (χ0) is 6.57. The fraction of sp³-hybridized carbons (Fsp3) is 0.250. The van der Waals surface area contributed by atoms with Crippen molar-refractivity contribution in [2.45, 2.75) is 0 Å². The van der Waals surface area contributed by atoms with Crippen molar-refractivity contribution in [1.29, 1.82) is 0 Å². The summed E-state index contributed by atoms with van der Waals surface area (Å²) in [6.07, 6.45) is 0. The van der Waals surface area contributed by atoms with Gasteiger partial charge in [0.15, 0.2) is 5.94 Å². The number of hydrogen-bond acceptors (Lipinski definition) is 3. The smallest absolute Gasteiger partial charge is 0.363 e. The highest BCUT2D eigenvalue weighted by atomic mass is 16.4. The molecule has 0 amide bonds. The van der Waals surface area contributed by atoms with E-state index in [4.69, 9.17) is 5.11 Å². The highest BCUT2D eigenvalue weighted by Gasteiger charge is 2.02. The van der Waals surface area contributed by atoms with Crippen LogP contribution in [-0.2, 0) is 9.59 Å². The van der Waals surface area contributed by atoms with E-state index in [1.54, 1.807) is 0 Å². The fourth-order valence-electron chi connectivity index (χ4n) is 0.202. The number of carboxylic acid groups (broad SMARTS) is 1. The second-order valence-electron chi connectivity index (χ2n) is 1.03. The Morgan fingerprint density at radius 3 is 2.25 bits per heavy atom. The Morgan fingerprint density at radius 2 is 2.25 bits per heavy atom. The molecule has 8 heavy (non-hydrogen) atoms. The van der Waals surface area contributed by atoms with Crippen LogP contribution in [0.3, 0.4) is 0 Å². The van der Waals surface area contributed by atoms with Crippen LogP contribution < -0.4 is 5.32 Å². The fourth-order valence-corrected chi connectivity index (χ4v) is 0.202. The minimum atomic E-state index is -1.29. The Kier molecular flexibility index (Phi) is 2.37. The predicted molar refractivity (Wildman–Crippen MR) is 25.9 cm³/mol. The van der Waals surface area contributed by atoms with Crippen molar-refractivity contribution in [2.75, 3.05) is 7.05 Å². The molecule has 0 spiro atoms. The van der Waals surface area contributed by atoms with Gasteiger partial charge in [-0.25, -0.2) is 9.59 Å². The molecule has 0 atom stereocenters. The lowest BCUT2D eigenvalue weighted by atomic mass is 10.5. The molecule has 0 fully saturated rings. The largest absolute Gasteiger partial charge is 0.476 e. The Morgan fingerprint density at radius 1 is 1.75 bits per heavy atom. The number of nitrogens with one attached hydrogen (secondary N) is 1. The van der Waals surface area contributed by atoms with Gasteiger partial charge in [-0.15, -0.1) is 0 Å². The molecule has 0 aromatic heterocycles. The SMILES string of the molecule is CNC(=C=O)C(=O)O. The van der Waals surface area contributed by atoms with Crippen molar-refractivity contribution in [1.82, 2.24) is 5.32 Å². The molecule has 0 aromatic rings. The second-order valence-corrected chi connectivity index (χ2v) is 1.03. The normalized spacial score (nSPS) is 7.12. The van der Waals surface area contributed by atoms with E-state index in [0.29, 0.717) is 0 Å². The zero-order valence-electron chi connectivity index (χ0n) is 4.26. The third-order valence-electron chi connectivity index (χ3n) is 0.566. The third-order valence-corrected chi connectivity index (χ3v) is 0.566. The topological polar surface area (TPSA) is 66.4 Å². The van der Waals surface area contributed by atoms with Crippen molar-refractivity contribution in [2.24, 2.45) is 0 Å². The number of hydrogen-bond donors (Lipinski definition) is 2. The standard InChI is InChI=1S/C4H5NO3/c1-5-3(2-6)4(7)8/h5H,1H3,(H,7,8). The number of carboxylic acids is 1. The zero-order valence-corrected chi connectivity index (χ0v) is 4.26. The molecule has 4 heteroatoms. The van der Waals surface area contributed by atoms with E-state index < -0.39 is 11.7 Å². The summed E-state index contributed by atoms with van der Waals surface area (Å²) in [6.45, 7) is 0. The highest BCUT2D eigenvalue weighted by Crippen LogP contribution is 1.75. The van der Waals surface area contributed by atoms with Gasteiger partial charge in [0.25, 0.3) is 0 Å². The molecule has 0 rings (SSSR count). The van der Waals surface area contributed by atoms with Crippen LogP contribution in [0.4, 0.5) is 0 Å². The van der Waals surface area contributed by atoms with Gasteiger partial charge in [0.05, 0.1) is 0 Å². The van der Waals surface area contributed by atoms with Gasteiger partial charge < -0.3 is 10.4 Å². The number of carbonyl (C=O) groups excluding carboxylic acids is 1. The van der Waals surface area contributed by atoms with Crippen LogP contribution in [-0.4, -0.2) is 24.1 Å². The molecular formula is C4H5NO3. The van der Waals surface area contributed by atoms with Gasteiger partial charge in [-0.05, 0) is 0 Å². The molecule has 0 saturated carbocycles. The third kappa shape index (κ3) is 1.45. The van der Waals surface area contributed by atoms with Crippen LogP contribution in [0.2, 0.25) is 0 Å². The molecule has 0 radical (unpaired) electrons. The van der Waals surface area contributed by atoms with Gasteiger partial charge >= 0.3 is 5.97 Å². The van der Waals surface area contributed by atoms with Crippen molar-refractivity contribution in [3.05, 3.63) is 5.70 Å². The van der Waals surface area contributed by atoms with Gasteiger partial charge in [0.1, 0.15) is 0 Å². The molecule has 0 unspecified atom stereocenters. The number of likely N-dealkylation sites (N-methyl/N-ethyl adjacent to an activating group) is 1. The number of rotatable bonds is 2. The molecule has 0 heterocycles. The molecule has 0 aliphatic heterocycles. The molecule has 2 N–H and O–H groups in total. The summed E-state index contributed by atoms with van der Waals surface area (Å²) in [5, 5.41) is 10.2. The van der Waals surface area contributed by atoms with Crippen LogP contribution in [0.5, 0.6) is 0 Å². The molecule has 0 aliphatic rings. The summed E-state index contributed by atoms with van der Waals surface area (Å²) in [4.78, 5) is 19.4. The maximum absolute atomic E-state index is 9.80. The summed E-state index contributed by atoms with van der Waals surface area (Å²) < 4.78 is 0. The maximum Gasteiger partial charge on any atom is 0.363 e. The van der Waals surface area contributed by atoms with Gasteiger partial charge in [0, 0.05) is 7.05 Å². The Bertz CT molecular complexity index is 145. The number of carbonyl (C=O) groups is 1. The molecule has 4 nitrogen and oxygen atoms in total. The van der Waals surface area contributed by atoms with E-state index >= 15 is 0 Å². The molecular weight excluding hydrogens is 110 g/mol. The van der Waals surface area contributed by atoms with E-state index in [1.165, 1.54) is 13.0 Å². The Balaban J connectivity index is 4.14. The first-order chi connectivity index (χ1) is 3.72. The van der Waals surface area contributed by atoms with Crippen LogP contribution in [0, 0.1) is 0 Å². The minimum Gasteiger partial charge on any atom is -0.476 e. The van der Waals surface area contributed by atoms with E-state index in [2.05, 4.69) is 5.32 Å². The van der Waals surface area contributed by atoms with Crippen molar-refractivity contribution in [3.63, 3.8) is 0 Å². The molecule has 0 aliphatic carbocycles. The highest BCUT2D eigenvalue weighted by molar-refractivity contribution is 5.94. The molecule has 0 aromatic carbocycles. The first-order valence-electron chi connectivity index (χ1n) is 1.88. The van der Waals surface area contributed by atoms with Crippen LogP contribution >= 0.6 is 0 Å². The Hall–Kier alpha value is -1.28. The monoisotopic (exact) mass is 115 g/mol. The van der Waals surface area contributed by atoms with Crippen molar-refractivity contribution in [3.8, 4) is 0 Å². The van der Waals surface area contributed by atoms with E-state index in [1.807, 2.05) is 0 Å².